The predicted molar refractivity (Wildman–Crippen MR) is 127 cm³/mol. The van der Waals surface area contributed by atoms with E-state index in [0.29, 0.717) is 12.2 Å². The zero-order chi connectivity index (χ0) is 22.3. The van der Waals surface area contributed by atoms with Gasteiger partial charge in [0.1, 0.15) is 6.54 Å². The molecule has 1 heterocycles. The molecule has 0 bridgehead atoms. The summed E-state index contributed by atoms with van der Waals surface area (Å²) >= 11 is 0. The van der Waals surface area contributed by atoms with Gasteiger partial charge in [0.2, 0.25) is 5.91 Å². The van der Waals surface area contributed by atoms with Gasteiger partial charge in [0, 0.05) is 17.3 Å². The number of benzene rings is 3. The molecule has 0 aliphatic rings. The van der Waals surface area contributed by atoms with E-state index >= 15 is 0 Å². The number of amides is 1. The van der Waals surface area contributed by atoms with Crippen molar-refractivity contribution in [2.45, 2.75) is 26.4 Å². The minimum Gasteiger partial charge on any atom is -0.306 e. The van der Waals surface area contributed by atoms with Crippen LogP contribution in [0, 0.1) is 0 Å². The number of anilines is 1. The molecule has 4 rings (SSSR count). The smallest absolute Gasteiger partial charge is 0.267 e. The Morgan fingerprint density at radius 2 is 1.47 bits per heavy atom. The van der Waals surface area contributed by atoms with Gasteiger partial charge < -0.3 is 4.90 Å². The van der Waals surface area contributed by atoms with Gasteiger partial charge in [0.25, 0.3) is 5.56 Å². The normalized spacial score (nSPS) is 10.7. The molecule has 4 aromatic rings. The molecule has 0 N–H and O–H groups in total. The summed E-state index contributed by atoms with van der Waals surface area (Å²) in [5.74, 6) is -0.201. The molecule has 0 saturated heterocycles. The molecule has 0 atom stereocenters. The highest BCUT2D eigenvalue weighted by Crippen LogP contribution is 2.19. The van der Waals surface area contributed by atoms with E-state index in [0.717, 1.165) is 23.2 Å². The van der Waals surface area contributed by atoms with Gasteiger partial charge in [-0.3, -0.25) is 9.59 Å². The Morgan fingerprint density at radius 1 is 0.812 bits per heavy atom. The fraction of sp³-hybridized carbons (Fsp3) is 0.148. The molecule has 0 fully saturated rings. The topological polar surface area (TPSA) is 55.2 Å². The summed E-state index contributed by atoms with van der Waals surface area (Å²) in [6.07, 6.45) is 0.957. The van der Waals surface area contributed by atoms with E-state index < -0.39 is 0 Å². The number of aryl methyl sites for hydroxylation is 1. The highest BCUT2D eigenvalue weighted by molar-refractivity contribution is 5.93. The van der Waals surface area contributed by atoms with Crippen molar-refractivity contribution in [2.24, 2.45) is 0 Å². The van der Waals surface area contributed by atoms with Crippen molar-refractivity contribution in [3.8, 4) is 11.3 Å². The summed E-state index contributed by atoms with van der Waals surface area (Å²) in [5.41, 5.74) is 4.29. The van der Waals surface area contributed by atoms with E-state index in [2.05, 4.69) is 24.2 Å². The zero-order valence-corrected chi connectivity index (χ0v) is 18.0. The molecule has 3 aromatic carbocycles. The largest absolute Gasteiger partial charge is 0.306 e. The molecule has 5 nitrogen and oxygen atoms in total. The second-order valence-electron chi connectivity index (χ2n) is 7.57. The van der Waals surface area contributed by atoms with Gasteiger partial charge in [-0.25, -0.2) is 4.68 Å². The van der Waals surface area contributed by atoms with E-state index in [4.69, 9.17) is 0 Å². The first kappa shape index (κ1) is 21.2. The summed E-state index contributed by atoms with van der Waals surface area (Å²) in [7, 11) is 0. The van der Waals surface area contributed by atoms with Crippen molar-refractivity contribution in [1.29, 1.82) is 0 Å². The van der Waals surface area contributed by atoms with Crippen LogP contribution < -0.4 is 10.5 Å². The lowest BCUT2D eigenvalue weighted by Gasteiger charge is -2.23. The first-order valence-electron chi connectivity index (χ1n) is 10.7. The number of carbonyl (C=O) groups excluding carboxylic acids is 1. The third-order valence-corrected chi connectivity index (χ3v) is 5.36. The molecule has 5 heteroatoms. The SMILES string of the molecule is CCc1ccc(-c2ccc(=O)n(CC(=O)N(Cc3ccccc3)c3ccccc3)n2)cc1. The van der Waals surface area contributed by atoms with Gasteiger partial charge in [-0.05, 0) is 35.7 Å². The van der Waals surface area contributed by atoms with E-state index in [1.165, 1.54) is 16.3 Å². The molecule has 0 aliphatic carbocycles. The molecule has 0 saturated carbocycles. The van der Waals surface area contributed by atoms with Crippen molar-refractivity contribution in [3.05, 3.63) is 119 Å². The lowest BCUT2D eigenvalue weighted by atomic mass is 10.1. The van der Waals surface area contributed by atoms with Crippen LogP contribution in [0.15, 0.2) is 102 Å². The number of aromatic nitrogens is 2. The fourth-order valence-electron chi connectivity index (χ4n) is 3.54. The minimum absolute atomic E-state index is 0.137. The van der Waals surface area contributed by atoms with Crippen LogP contribution in [0.5, 0.6) is 0 Å². The Morgan fingerprint density at radius 3 is 2.12 bits per heavy atom. The zero-order valence-electron chi connectivity index (χ0n) is 18.0. The van der Waals surface area contributed by atoms with Crippen LogP contribution in [0.2, 0.25) is 0 Å². The molecule has 0 spiro atoms. The molecule has 0 aliphatic heterocycles. The molecular weight excluding hydrogens is 398 g/mol. The molecule has 0 radical (unpaired) electrons. The van der Waals surface area contributed by atoms with Crippen LogP contribution in [0.3, 0.4) is 0 Å². The van der Waals surface area contributed by atoms with E-state index in [1.54, 1.807) is 11.0 Å². The number of para-hydroxylation sites is 1. The van der Waals surface area contributed by atoms with Gasteiger partial charge >= 0.3 is 0 Å². The Labute approximate surface area is 187 Å². The molecular formula is C27H25N3O2. The molecule has 1 aromatic heterocycles. The average Bonchev–Trinajstić information content (AvgIpc) is 2.85. The fourth-order valence-corrected chi connectivity index (χ4v) is 3.54. The standard InChI is InChI=1S/C27H25N3O2/c1-2-21-13-15-23(16-14-21)25-17-18-26(31)30(28-25)20-27(32)29(24-11-7-4-8-12-24)19-22-9-5-3-6-10-22/h3-18H,2,19-20H2,1H3. The predicted octanol–water partition coefficient (Wildman–Crippen LogP) is 4.71. The number of hydrogen-bond acceptors (Lipinski definition) is 3. The Hall–Kier alpha value is -3.99. The maximum Gasteiger partial charge on any atom is 0.267 e. The quantitative estimate of drug-likeness (QED) is 0.433. The maximum absolute atomic E-state index is 13.3. The summed E-state index contributed by atoms with van der Waals surface area (Å²) in [6, 6.07) is 30.5. The second-order valence-corrected chi connectivity index (χ2v) is 7.57. The first-order valence-corrected chi connectivity index (χ1v) is 10.7. The first-order chi connectivity index (χ1) is 15.6. The van der Waals surface area contributed by atoms with Gasteiger partial charge in [-0.2, -0.15) is 5.10 Å². The van der Waals surface area contributed by atoms with E-state index in [-0.39, 0.29) is 18.0 Å². The highest BCUT2D eigenvalue weighted by atomic mass is 16.2. The van der Waals surface area contributed by atoms with Gasteiger partial charge in [-0.1, -0.05) is 79.7 Å². The molecule has 32 heavy (non-hydrogen) atoms. The second kappa shape index (κ2) is 9.88. The van der Waals surface area contributed by atoms with Crippen LogP contribution in [0.1, 0.15) is 18.1 Å². The number of carbonyl (C=O) groups is 1. The van der Waals surface area contributed by atoms with Crippen molar-refractivity contribution in [3.63, 3.8) is 0 Å². The molecule has 1 amide bonds. The van der Waals surface area contributed by atoms with Crippen LogP contribution in [0.4, 0.5) is 5.69 Å². The van der Waals surface area contributed by atoms with Gasteiger partial charge in [0.15, 0.2) is 0 Å². The average molecular weight is 424 g/mol. The van der Waals surface area contributed by atoms with Crippen molar-refractivity contribution < 1.29 is 4.79 Å². The molecule has 160 valence electrons. The number of nitrogens with zero attached hydrogens (tertiary/aromatic N) is 3. The van der Waals surface area contributed by atoms with Gasteiger partial charge in [0.05, 0.1) is 12.2 Å². The number of hydrogen-bond donors (Lipinski definition) is 0. The minimum atomic E-state index is -0.306. The van der Waals surface area contributed by atoms with Crippen LogP contribution >= 0.6 is 0 Å². The van der Waals surface area contributed by atoms with Crippen molar-refractivity contribution in [1.82, 2.24) is 9.78 Å². The summed E-state index contributed by atoms with van der Waals surface area (Å²) < 4.78 is 1.24. The third kappa shape index (κ3) is 5.01. The highest BCUT2D eigenvalue weighted by Gasteiger charge is 2.18. The molecule has 0 unspecified atom stereocenters. The lowest BCUT2D eigenvalue weighted by Crippen LogP contribution is -2.37. The Balaban J connectivity index is 1.62. The van der Waals surface area contributed by atoms with E-state index in [1.807, 2.05) is 72.8 Å². The van der Waals surface area contributed by atoms with E-state index in [9.17, 15) is 9.59 Å². The monoisotopic (exact) mass is 423 g/mol. The van der Waals surface area contributed by atoms with Crippen LogP contribution in [-0.2, 0) is 24.3 Å². The van der Waals surface area contributed by atoms with Crippen LogP contribution in [0.25, 0.3) is 11.3 Å². The third-order valence-electron chi connectivity index (χ3n) is 5.36. The summed E-state index contributed by atoms with van der Waals surface area (Å²) in [5, 5.41) is 4.48. The van der Waals surface area contributed by atoms with Crippen molar-refractivity contribution >= 4 is 11.6 Å². The summed E-state index contributed by atoms with van der Waals surface area (Å²) in [6.45, 7) is 2.38. The maximum atomic E-state index is 13.3. The lowest BCUT2D eigenvalue weighted by molar-refractivity contribution is -0.119. The van der Waals surface area contributed by atoms with Crippen LogP contribution in [-0.4, -0.2) is 15.7 Å². The Bertz CT molecular complexity index is 1230. The van der Waals surface area contributed by atoms with Gasteiger partial charge in [-0.15, -0.1) is 0 Å². The number of rotatable bonds is 7. The van der Waals surface area contributed by atoms with Crippen molar-refractivity contribution in [2.75, 3.05) is 4.90 Å². The summed E-state index contributed by atoms with van der Waals surface area (Å²) in [4.78, 5) is 27.5. The Kier molecular flexibility index (Phi) is 6.56.